The second-order valence-electron chi connectivity index (χ2n) is 2.02. The van der Waals surface area contributed by atoms with Gasteiger partial charge in [0.05, 0.1) is 7.18 Å². The molecule has 0 aliphatic carbocycles. The lowest BCUT2D eigenvalue weighted by Crippen LogP contribution is -2.38. The fourth-order valence-corrected chi connectivity index (χ4v) is 0.150. The normalized spacial score (nSPS) is 10.8. The molecule has 0 rings (SSSR count). The summed E-state index contributed by atoms with van der Waals surface area (Å²) < 4.78 is 120. The van der Waals surface area contributed by atoms with Gasteiger partial charge in [-0.1, -0.05) is 14.9 Å². The van der Waals surface area contributed by atoms with Gasteiger partial charge in [0.25, 0.3) is 0 Å². The molecule has 0 aromatic carbocycles. The van der Waals surface area contributed by atoms with Crippen molar-refractivity contribution in [3.63, 3.8) is 0 Å². The summed E-state index contributed by atoms with van der Waals surface area (Å²) in [6, 6.07) is 0. The first-order chi connectivity index (χ1) is 7.87. The van der Waals surface area contributed by atoms with Crippen molar-refractivity contribution in [2.24, 2.45) is 0 Å². The molecule has 0 aliphatic heterocycles. The summed E-state index contributed by atoms with van der Waals surface area (Å²) in [5.41, 5.74) is 0. The van der Waals surface area contributed by atoms with Crippen LogP contribution in [0.25, 0.3) is 0 Å². The smallest absolute Gasteiger partial charge is 0.281 e. The summed E-state index contributed by atoms with van der Waals surface area (Å²) in [5, 5.41) is 0. The molecule has 0 saturated heterocycles. The number of hydrogen-bond donors (Lipinski definition) is 0. The van der Waals surface area contributed by atoms with Crippen LogP contribution in [0.15, 0.2) is 0 Å². The summed E-state index contributed by atoms with van der Waals surface area (Å²) in [4.78, 5) is 0. The van der Waals surface area contributed by atoms with Gasteiger partial charge in [0.1, 0.15) is 0 Å². The Morgan fingerprint density at radius 3 is 1.05 bits per heavy atom. The Labute approximate surface area is 108 Å². The first kappa shape index (κ1) is 31.5. The van der Waals surface area contributed by atoms with Crippen molar-refractivity contribution in [1.29, 1.82) is 0 Å². The molecule has 0 fully saturated rings. The van der Waals surface area contributed by atoms with Crippen molar-refractivity contribution in [1.82, 2.24) is 0 Å². The van der Waals surface area contributed by atoms with Gasteiger partial charge in [0.15, 0.2) is 13.5 Å². The lowest BCUT2D eigenvalue weighted by molar-refractivity contribution is -0.398. The van der Waals surface area contributed by atoms with Gasteiger partial charge in [-0.25, -0.2) is 8.78 Å². The van der Waals surface area contributed by atoms with Gasteiger partial charge < -0.3 is 0 Å². The molecule has 20 heavy (non-hydrogen) atoms. The van der Waals surface area contributed by atoms with Crippen molar-refractivity contribution in [2.45, 2.75) is 33.3 Å². The maximum atomic E-state index is 11.3. The Bertz CT molecular complexity index is 186. The summed E-state index contributed by atoms with van der Waals surface area (Å²) in [7, 11) is 0.500. The minimum absolute atomic E-state index is 0. The van der Waals surface area contributed by atoms with Crippen LogP contribution in [0.2, 0.25) is 0 Å². The van der Waals surface area contributed by atoms with E-state index >= 15 is 0 Å². The molecule has 0 N–H and O–H groups in total. The van der Waals surface area contributed by atoms with E-state index in [-0.39, 0.29) is 14.9 Å². The van der Waals surface area contributed by atoms with E-state index in [1.54, 1.807) is 0 Å². The largest absolute Gasteiger partial charge is 0.483 e. The minimum atomic E-state index is -5.85. The molecular formula is C8H15F11O. The molecule has 12 heteroatoms. The van der Waals surface area contributed by atoms with Crippen molar-refractivity contribution >= 4 is 0 Å². The van der Waals surface area contributed by atoms with Crippen molar-refractivity contribution in [3.05, 3.63) is 0 Å². The molecule has 0 unspecified atom stereocenters. The van der Waals surface area contributed by atoms with E-state index in [1.807, 2.05) is 0 Å². The third-order valence-corrected chi connectivity index (χ3v) is 0.717. The maximum Gasteiger partial charge on any atom is 0.483 e. The molecule has 1 nitrogen and oxygen atoms in total. The zero-order valence-electron chi connectivity index (χ0n) is 8.48. The van der Waals surface area contributed by atoms with Crippen molar-refractivity contribution in [2.75, 3.05) is 20.7 Å². The van der Waals surface area contributed by atoms with Crippen LogP contribution in [0.4, 0.5) is 48.3 Å². The van der Waals surface area contributed by atoms with Crippen LogP contribution in [0.1, 0.15) is 14.9 Å². The minimum Gasteiger partial charge on any atom is -0.281 e. The van der Waals surface area contributed by atoms with E-state index in [0.717, 1.165) is 0 Å². The fraction of sp³-hybridized carbons (Fsp3) is 1.00. The topological polar surface area (TPSA) is 9.23 Å². The Kier molecular flexibility index (Phi) is 20.8. The van der Waals surface area contributed by atoms with E-state index in [2.05, 4.69) is 4.74 Å². The molecule has 0 atom stereocenters. The summed E-state index contributed by atoms with van der Waals surface area (Å²) >= 11 is 0. The van der Waals surface area contributed by atoms with Gasteiger partial charge in [-0.05, 0) is 0 Å². The van der Waals surface area contributed by atoms with Gasteiger partial charge in [-0.2, -0.15) is 35.1 Å². The van der Waals surface area contributed by atoms with E-state index in [0.29, 0.717) is 7.18 Å². The number of ether oxygens (including phenoxy) is 1. The molecule has 0 aliphatic rings. The highest BCUT2D eigenvalue weighted by atomic mass is 19.4. The predicted molar refractivity (Wildman–Crippen MR) is 50.6 cm³/mol. The van der Waals surface area contributed by atoms with Gasteiger partial charge in [0.2, 0.25) is 0 Å². The zero-order chi connectivity index (χ0) is 15.6. The lowest BCUT2D eigenvalue weighted by atomic mass is 10.6. The van der Waals surface area contributed by atoms with Crippen LogP contribution < -0.4 is 0 Å². The highest BCUT2D eigenvalue weighted by Crippen LogP contribution is 2.36. The number of alkyl halides is 11. The first-order valence-electron chi connectivity index (χ1n) is 3.52. The standard InChI is InChI=1S/C3H2F6O.C2H2F4.CH3F.2CH4/c4-1-10-3(8,9)2(5,6)7;3-1-2(4,5)6;1-2;;/h1H2;1H2;1H3;2*1H4. The van der Waals surface area contributed by atoms with E-state index in [4.69, 9.17) is 0 Å². The van der Waals surface area contributed by atoms with Crippen molar-refractivity contribution in [3.8, 4) is 0 Å². The molecule has 0 spiro atoms. The number of hydrogen-bond acceptors (Lipinski definition) is 1. The number of halogens is 11. The third-order valence-electron chi connectivity index (χ3n) is 0.717. The lowest BCUT2D eigenvalue weighted by Gasteiger charge is -2.16. The Morgan fingerprint density at radius 2 is 1.00 bits per heavy atom. The second kappa shape index (κ2) is 13.2. The molecule has 0 heterocycles. The average Bonchev–Trinajstić information content (AvgIpc) is 2.19. The second-order valence-corrected chi connectivity index (χ2v) is 2.02. The SMILES string of the molecule is C.C.CF.FCC(F)(F)F.FCOC(F)(F)C(F)(F)F. The van der Waals surface area contributed by atoms with Gasteiger partial charge >= 0.3 is 18.5 Å². The van der Waals surface area contributed by atoms with Gasteiger partial charge in [-0.15, -0.1) is 0 Å². The van der Waals surface area contributed by atoms with Crippen LogP contribution >= 0.6 is 0 Å². The molecular weight excluding hydrogens is 321 g/mol. The van der Waals surface area contributed by atoms with Crippen LogP contribution in [0.3, 0.4) is 0 Å². The van der Waals surface area contributed by atoms with Crippen LogP contribution in [-0.2, 0) is 4.74 Å². The highest BCUT2D eigenvalue weighted by molar-refractivity contribution is 4.62. The third kappa shape index (κ3) is 19.5. The molecule has 0 bridgehead atoms. The monoisotopic (exact) mass is 336 g/mol. The Balaban J connectivity index is -0.0000000656. The summed E-state index contributed by atoms with van der Waals surface area (Å²) in [5.74, 6) is 0. The summed E-state index contributed by atoms with van der Waals surface area (Å²) in [6.45, 7) is -4.40. The number of rotatable bonds is 2. The molecule has 0 amide bonds. The van der Waals surface area contributed by atoms with Crippen LogP contribution in [-0.4, -0.2) is 39.2 Å². The quantitative estimate of drug-likeness (QED) is 0.608. The first-order valence-corrected chi connectivity index (χ1v) is 3.52. The average molecular weight is 336 g/mol. The van der Waals surface area contributed by atoms with E-state index < -0.39 is 32.0 Å². The maximum absolute atomic E-state index is 11.3. The molecule has 0 aromatic heterocycles. The van der Waals surface area contributed by atoms with Gasteiger partial charge in [-0.3, -0.25) is 9.13 Å². The Hall–Kier alpha value is -0.810. The predicted octanol–water partition coefficient (Wildman–Crippen LogP) is 5.46. The van der Waals surface area contributed by atoms with E-state index in [1.165, 1.54) is 0 Å². The fourth-order valence-electron chi connectivity index (χ4n) is 0.150. The van der Waals surface area contributed by atoms with Crippen LogP contribution in [0, 0.1) is 0 Å². The van der Waals surface area contributed by atoms with Gasteiger partial charge in [0, 0.05) is 0 Å². The highest BCUT2D eigenvalue weighted by Gasteiger charge is 2.59. The summed E-state index contributed by atoms with van der Waals surface area (Å²) in [6.07, 6.45) is -15.9. The van der Waals surface area contributed by atoms with Crippen LogP contribution in [0.5, 0.6) is 0 Å². The van der Waals surface area contributed by atoms with Crippen molar-refractivity contribution < 1.29 is 53.0 Å². The zero-order valence-corrected chi connectivity index (χ0v) is 8.48. The molecule has 0 saturated carbocycles. The Morgan fingerprint density at radius 1 is 0.750 bits per heavy atom. The molecule has 130 valence electrons. The molecule has 0 radical (unpaired) electrons. The van der Waals surface area contributed by atoms with E-state index in [9.17, 15) is 48.3 Å². The molecule has 0 aromatic rings.